The first-order valence-corrected chi connectivity index (χ1v) is 10.7. The lowest BCUT2D eigenvalue weighted by molar-refractivity contribution is -0.132. The molecule has 3 aromatic rings. The van der Waals surface area contributed by atoms with Crippen molar-refractivity contribution in [3.63, 3.8) is 0 Å². The fraction of sp³-hybridized carbons (Fsp3) is 0.308. The van der Waals surface area contributed by atoms with Crippen molar-refractivity contribution in [2.75, 3.05) is 20.1 Å². The van der Waals surface area contributed by atoms with Crippen LogP contribution in [0.15, 0.2) is 85.2 Å². The Morgan fingerprint density at radius 1 is 1.03 bits per heavy atom. The first-order chi connectivity index (χ1) is 14.7. The molecule has 0 spiro atoms. The Hall–Kier alpha value is -2.98. The Morgan fingerprint density at radius 2 is 1.70 bits per heavy atom. The molecule has 0 bridgehead atoms. The van der Waals surface area contributed by atoms with Crippen molar-refractivity contribution in [3.05, 3.63) is 102 Å². The fourth-order valence-electron chi connectivity index (χ4n) is 4.34. The summed E-state index contributed by atoms with van der Waals surface area (Å²) < 4.78 is 0. The van der Waals surface area contributed by atoms with Crippen molar-refractivity contribution in [1.82, 2.24) is 14.8 Å². The van der Waals surface area contributed by atoms with E-state index in [2.05, 4.69) is 40.2 Å². The van der Waals surface area contributed by atoms with Crippen LogP contribution in [0, 0.1) is 0 Å². The number of amides is 1. The molecule has 1 fully saturated rings. The lowest BCUT2D eigenvalue weighted by atomic mass is 9.88. The minimum Gasteiger partial charge on any atom is -0.341 e. The van der Waals surface area contributed by atoms with Gasteiger partial charge in [0.25, 0.3) is 0 Å². The van der Waals surface area contributed by atoms with Crippen molar-refractivity contribution in [2.45, 2.75) is 31.3 Å². The highest BCUT2D eigenvalue weighted by atomic mass is 16.2. The molecule has 0 aliphatic carbocycles. The topological polar surface area (TPSA) is 36.4 Å². The van der Waals surface area contributed by atoms with Gasteiger partial charge >= 0.3 is 0 Å². The number of hydrogen-bond acceptors (Lipinski definition) is 3. The number of likely N-dealkylation sites (N-methyl/N-ethyl adjacent to an activating group) is 1. The fourth-order valence-corrected chi connectivity index (χ4v) is 4.34. The van der Waals surface area contributed by atoms with Crippen molar-refractivity contribution in [1.29, 1.82) is 0 Å². The van der Waals surface area contributed by atoms with Crippen LogP contribution in [0.5, 0.6) is 0 Å². The number of rotatable bonds is 7. The summed E-state index contributed by atoms with van der Waals surface area (Å²) in [6.07, 6.45) is 5.23. The minimum absolute atomic E-state index is 0.0789. The summed E-state index contributed by atoms with van der Waals surface area (Å²) in [5.74, 6) is 0.288. The third-order valence-corrected chi connectivity index (χ3v) is 6.10. The predicted octanol–water partition coefficient (Wildman–Crippen LogP) is 4.34. The minimum atomic E-state index is 0.0789. The van der Waals surface area contributed by atoms with Gasteiger partial charge in [0.1, 0.15) is 0 Å². The zero-order valence-electron chi connectivity index (χ0n) is 17.5. The Balaban J connectivity index is 1.41. The first-order valence-electron chi connectivity index (χ1n) is 10.7. The molecule has 2 heterocycles. The smallest absolute Gasteiger partial charge is 0.223 e. The molecule has 4 rings (SSSR count). The normalized spacial score (nSPS) is 16.7. The molecule has 1 aliphatic rings. The van der Waals surface area contributed by atoms with Crippen LogP contribution in [0.3, 0.4) is 0 Å². The van der Waals surface area contributed by atoms with E-state index >= 15 is 0 Å². The molecule has 2 aromatic carbocycles. The molecule has 4 heteroatoms. The van der Waals surface area contributed by atoms with Gasteiger partial charge in [-0.1, -0.05) is 66.7 Å². The SMILES string of the molecule is CN(C(=O)CC(c1ccccc1)c1ccccc1)C1CCN(Cc2cccnc2)C1. The van der Waals surface area contributed by atoms with Gasteiger partial charge in [0.2, 0.25) is 5.91 Å². The molecule has 4 nitrogen and oxygen atoms in total. The second-order valence-corrected chi connectivity index (χ2v) is 8.12. The highest BCUT2D eigenvalue weighted by Crippen LogP contribution is 2.29. The third kappa shape index (κ3) is 4.95. The standard InChI is InChI=1S/C26H29N3O/c1-28(24-14-16-29(20-24)19-21-9-8-15-27-18-21)26(30)17-25(22-10-4-2-5-11-22)23-12-6-3-7-13-23/h2-13,15,18,24-25H,14,16-17,19-20H2,1H3. The molecule has 1 unspecified atom stereocenters. The van der Waals surface area contributed by atoms with E-state index in [4.69, 9.17) is 0 Å². The summed E-state index contributed by atoms with van der Waals surface area (Å²) in [5.41, 5.74) is 3.60. The van der Waals surface area contributed by atoms with Gasteiger partial charge in [-0.15, -0.1) is 0 Å². The maximum Gasteiger partial charge on any atom is 0.223 e. The van der Waals surface area contributed by atoms with Crippen LogP contribution in [-0.2, 0) is 11.3 Å². The second-order valence-electron chi connectivity index (χ2n) is 8.12. The van der Waals surface area contributed by atoms with Gasteiger partial charge in [-0.3, -0.25) is 14.7 Å². The van der Waals surface area contributed by atoms with Crippen LogP contribution >= 0.6 is 0 Å². The lowest BCUT2D eigenvalue weighted by Crippen LogP contribution is -2.39. The molecule has 0 saturated carbocycles. The van der Waals surface area contributed by atoms with Crippen LogP contribution < -0.4 is 0 Å². The van der Waals surface area contributed by atoms with Crippen molar-refractivity contribution in [2.24, 2.45) is 0 Å². The molecule has 1 aromatic heterocycles. The quantitative estimate of drug-likeness (QED) is 0.593. The van der Waals surface area contributed by atoms with Crippen LogP contribution in [0.1, 0.15) is 35.4 Å². The number of likely N-dealkylation sites (tertiary alicyclic amines) is 1. The number of nitrogens with zero attached hydrogens (tertiary/aromatic N) is 3. The van der Waals surface area contributed by atoms with Gasteiger partial charge in [-0.05, 0) is 29.2 Å². The van der Waals surface area contributed by atoms with Gasteiger partial charge in [0.05, 0.1) is 0 Å². The summed E-state index contributed by atoms with van der Waals surface area (Å²) in [6, 6.07) is 25.1. The molecule has 30 heavy (non-hydrogen) atoms. The lowest BCUT2D eigenvalue weighted by Gasteiger charge is -2.27. The molecule has 154 valence electrons. The van der Waals surface area contributed by atoms with Crippen LogP contribution in [0.25, 0.3) is 0 Å². The zero-order chi connectivity index (χ0) is 20.8. The molecule has 1 aliphatic heterocycles. The summed E-state index contributed by atoms with van der Waals surface area (Å²) >= 11 is 0. The highest BCUT2D eigenvalue weighted by Gasteiger charge is 2.30. The Labute approximate surface area is 179 Å². The molecule has 1 atom stereocenters. The molecule has 1 amide bonds. The van der Waals surface area contributed by atoms with Gasteiger partial charge < -0.3 is 4.90 Å². The van der Waals surface area contributed by atoms with E-state index in [0.29, 0.717) is 6.42 Å². The molecular formula is C26H29N3O. The van der Waals surface area contributed by atoms with E-state index in [-0.39, 0.29) is 17.9 Å². The summed E-state index contributed by atoms with van der Waals surface area (Å²) in [5, 5.41) is 0. The number of pyridine rings is 1. The first kappa shape index (κ1) is 20.3. The van der Waals surface area contributed by atoms with Gasteiger partial charge in [-0.25, -0.2) is 0 Å². The van der Waals surface area contributed by atoms with Crippen LogP contribution in [0.2, 0.25) is 0 Å². The maximum atomic E-state index is 13.2. The van der Waals surface area contributed by atoms with Gasteiger partial charge in [0.15, 0.2) is 0 Å². The molecule has 0 radical (unpaired) electrons. The van der Waals surface area contributed by atoms with E-state index in [1.165, 1.54) is 16.7 Å². The van der Waals surface area contributed by atoms with Gasteiger partial charge in [0, 0.05) is 57.5 Å². The van der Waals surface area contributed by atoms with E-state index < -0.39 is 0 Å². The second kappa shape index (κ2) is 9.68. The van der Waals surface area contributed by atoms with E-state index in [1.54, 1.807) is 6.20 Å². The maximum absolute atomic E-state index is 13.2. The van der Waals surface area contributed by atoms with E-state index in [9.17, 15) is 4.79 Å². The molecule has 1 saturated heterocycles. The van der Waals surface area contributed by atoms with E-state index in [1.807, 2.05) is 60.6 Å². The number of benzene rings is 2. The number of carbonyl (C=O) groups is 1. The Morgan fingerprint density at radius 3 is 2.30 bits per heavy atom. The van der Waals surface area contributed by atoms with Crippen molar-refractivity contribution in [3.8, 4) is 0 Å². The highest BCUT2D eigenvalue weighted by molar-refractivity contribution is 5.78. The monoisotopic (exact) mass is 399 g/mol. The Kier molecular flexibility index (Phi) is 6.55. The Bertz CT molecular complexity index is 891. The van der Waals surface area contributed by atoms with Crippen LogP contribution in [0.4, 0.5) is 0 Å². The summed E-state index contributed by atoms with van der Waals surface area (Å²) in [4.78, 5) is 21.8. The average Bonchev–Trinajstić information content (AvgIpc) is 3.27. The van der Waals surface area contributed by atoms with Crippen LogP contribution in [-0.4, -0.2) is 46.9 Å². The largest absolute Gasteiger partial charge is 0.341 e. The average molecular weight is 400 g/mol. The van der Waals surface area contributed by atoms with Crippen molar-refractivity contribution >= 4 is 5.91 Å². The summed E-state index contributed by atoms with van der Waals surface area (Å²) in [7, 11) is 1.97. The van der Waals surface area contributed by atoms with E-state index in [0.717, 1.165) is 26.1 Å². The number of carbonyl (C=O) groups excluding carboxylic acids is 1. The van der Waals surface area contributed by atoms with Crippen molar-refractivity contribution < 1.29 is 4.79 Å². The summed E-state index contributed by atoms with van der Waals surface area (Å²) in [6.45, 7) is 2.82. The predicted molar refractivity (Wildman–Crippen MR) is 120 cm³/mol. The third-order valence-electron chi connectivity index (χ3n) is 6.10. The van der Waals surface area contributed by atoms with Gasteiger partial charge in [-0.2, -0.15) is 0 Å². The molecule has 0 N–H and O–H groups in total. The number of hydrogen-bond donors (Lipinski definition) is 0. The number of aromatic nitrogens is 1. The molecular weight excluding hydrogens is 370 g/mol. The zero-order valence-corrected chi connectivity index (χ0v) is 17.5.